The van der Waals surface area contributed by atoms with Crippen molar-refractivity contribution < 1.29 is 4.39 Å². The molecule has 1 aromatic heterocycles. The second-order valence-corrected chi connectivity index (χ2v) is 4.89. The van der Waals surface area contributed by atoms with Gasteiger partial charge in [-0.2, -0.15) is 5.10 Å². The largest absolute Gasteiger partial charge is 0.267 e. The van der Waals surface area contributed by atoms with Gasteiger partial charge in [-0.25, -0.2) is 4.39 Å². The molecule has 2 nitrogen and oxygen atoms in total. The Hall–Kier alpha value is -1.78. The maximum Gasteiger partial charge on any atom is 0.127 e. The third kappa shape index (κ3) is 2.13. The van der Waals surface area contributed by atoms with Crippen molar-refractivity contribution in [1.82, 2.24) is 10.2 Å². The van der Waals surface area contributed by atoms with E-state index in [-0.39, 0.29) is 5.82 Å². The molecule has 0 fully saturated rings. The first kappa shape index (κ1) is 12.3. The molecule has 1 N–H and O–H groups in total. The molecule has 3 aromatic rings. The number of fused-ring (bicyclic) bond motifs is 1. The zero-order valence-electron chi connectivity index (χ0n) is 9.65. The summed E-state index contributed by atoms with van der Waals surface area (Å²) in [7, 11) is 0. The number of nitrogens with one attached hydrogen (secondary N) is 1. The van der Waals surface area contributed by atoms with Crippen molar-refractivity contribution >= 4 is 34.6 Å². The number of H-pyrrole nitrogens is 1. The standard InChI is InChI=1S/C14H8ClFN2S/c15-12-7-8(16)5-6-11(12)13-9-3-1-2-4-10(9)14(19)18-17-13/h1-7H,(H,18,19). The Bertz CT molecular complexity index is 829. The quantitative estimate of drug-likeness (QED) is 0.655. The summed E-state index contributed by atoms with van der Waals surface area (Å²) in [5.74, 6) is -0.373. The van der Waals surface area contributed by atoms with Gasteiger partial charge in [-0.3, -0.25) is 5.10 Å². The molecule has 0 aliphatic heterocycles. The number of halogens is 2. The fourth-order valence-electron chi connectivity index (χ4n) is 2.00. The molecule has 0 spiro atoms. The highest BCUT2D eigenvalue weighted by atomic mass is 35.5. The monoisotopic (exact) mass is 290 g/mol. The lowest BCUT2D eigenvalue weighted by atomic mass is 10.1. The lowest BCUT2D eigenvalue weighted by Gasteiger charge is -2.07. The van der Waals surface area contributed by atoms with Crippen molar-refractivity contribution in [3.05, 3.63) is 57.9 Å². The molecule has 0 radical (unpaired) electrons. The van der Waals surface area contributed by atoms with Crippen molar-refractivity contribution in [3.63, 3.8) is 0 Å². The molecule has 0 bridgehead atoms. The highest BCUT2D eigenvalue weighted by Crippen LogP contribution is 2.31. The van der Waals surface area contributed by atoms with Crippen LogP contribution >= 0.6 is 23.8 Å². The fraction of sp³-hybridized carbons (Fsp3) is 0. The summed E-state index contributed by atoms with van der Waals surface area (Å²) in [6.07, 6.45) is 0. The molecule has 0 aliphatic rings. The van der Waals surface area contributed by atoms with Gasteiger partial charge in [-0.1, -0.05) is 48.1 Å². The molecule has 94 valence electrons. The van der Waals surface area contributed by atoms with Gasteiger partial charge in [-0.05, 0) is 18.2 Å². The topological polar surface area (TPSA) is 28.7 Å². The highest BCUT2D eigenvalue weighted by Gasteiger charge is 2.10. The Kier molecular flexibility index (Phi) is 3.05. The Morgan fingerprint density at radius 1 is 1.11 bits per heavy atom. The highest BCUT2D eigenvalue weighted by molar-refractivity contribution is 7.71. The molecule has 3 rings (SSSR count). The van der Waals surface area contributed by atoms with Gasteiger partial charge in [0.15, 0.2) is 0 Å². The molecule has 5 heteroatoms. The maximum atomic E-state index is 13.1. The first-order valence-electron chi connectivity index (χ1n) is 5.59. The molecule has 19 heavy (non-hydrogen) atoms. The number of nitrogens with zero attached hydrogens (tertiary/aromatic N) is 1. The van der Waals surface area contributed by atoms with Gasteiger partial charge in [0.2, 0.25) is 0 Å². The predicted octanol–water partition coefficient (Wildman–Crippen LogP) is 4.75. The first-order valence-corrected chi connectivity index (χ1v) is 6.38. The van der Waals surface area contributed by atoms with E-state index in [4.69, 9.17) is 23.8 Å². The second-order valence-electron chi connectivity index (χ2n) is 4.07. The van der Waals surface area contributed by atoms with Gasteiger partial charge < -0.3 is 0 Å². The molecular weight excluding hydrogens is 283 g/mol. The summed E-state index contributed by atoms with van der Waals surface area (Å²) in [5.41, 5.74) is 1.33. The first-order chi connectivity index (χ1) is 9.16. The summed E-state index contributed by atoms with van der Waals surface area (Å²) >= 11 is 11.3. The molecule has 0 saturated carbocycles. The Morgan fingerprint density at radius 2 is 1.84 bits per heavy atom. The van der Waals surface area contributed by atoms with E-state index in [0.717, 1.165) is 10.8 Å². The van der Waals surface area contributed by atoms with E-state index >= 15 is 0 Å². The van der Waals surface area contributed by atoms with Crippen molar-refractivity contribution in [3.8, 4) is 11.3 Å². The van der Waals surface area contributed by atoms with E-state index in [9.17, 15) is 4.39 Å². The molecule has 0 amide bonds. The zero-order valence-corrected chi connectivity index (χ0v) is 11.2. The molecular formula is C14H8ClFN2S. The van der Waals surface area contributed by atoms with Crippen molar-refractivity contribution in [2.45, 2.75) is 0 Å². The third-order valence-corrected chi connectivity index (χ3v) is 3.51. The summed E-state index contributed by atoms with van der Waals surface area (Å²) in [6, 6.07) is 11.9. The second kappa shape index (κ2) is 4.72. The molecule has 0 atom stereocenters. The van der Waals surface area contributed by atoms with Crippen LogP contribution in [0.25, 0.3) is 22.0 Å². The summed E-state index contributed by atoms with van der Waals surface area (Å²) < 4.78 is 13.7. The van der Waals surface area contributed by atoms with Gasteiger partial charge in [0.1, 0.15) is 10.5 Å². The van der Waals surface area contributed by atoms with Crippen LogP contribution in [-0.2, 0) is 0 Å². The number of aromatic amines is 1. The lowest BCUT2D eigenvalue weighted by molar-refractivity contribution is 0.628. The smallest absolute Gasteiger partial charge is 0.127 e. The van der Waals surface area contributed by atoms with Crippen molar-refractivity contribution in [1.29, 1.82) is 0 Å². The van der Waals surface area contributed by atoms with Crippen LogP contribution in [0.1, 0.15) is 0 Å². The van der Waals surface area contributed by atoms with Crippen LogP contribution in [0.4, 0.5) is 4.39 Å². The summed E-state index contributed by atoms with van der Waals surface area (Å²) in [6.45, 7) is 0. The number of aromatic nitrogens is 2. The van der Waals surface area contributed by atoms with E-state index in [1.807, 2.05) is 24.3 Å². The van der Waals surface area contributed by atoms with Crippen LogP contribution in [0.5, 0.6) is 0 Å². The SMILES string of the molecule is Fc1ccc(-c2n[nH]c(=S)c3ccccc23)c(Cl)c1. The number of rotatable bonds is 1. The molecule has 2 aromatic carbocycles. The summed E-state index contributed by atoms with van der Waals surface area (Å²) in [5, 5.41) is 9.13. The van der Waals surface area contributed by atoms with Crippen LogP contribution in [0.15, 0.2) is 42.5 Å². The predicted molar refractivity (Wildman–Crippen MR) is 77.3 cm³/mol. The van der Waals surface area contributed by atoms with Gasteiger partial charge in [0, 0.05) is 16.3 Å². The van der Waals surface area contributed by atoms with Gasteiger partial charge >= 0.3 is 0 Å². The fourth-order valence-corrected chi connectivity index (χ4v) is 2.48. The Labute approximate surface area is 118 Å². The van der Waals surface area contributed by atoms with E-state index in [0.29, 0.717) is 20.9 Å². The van der Waals surface area contributed by atoms with Gasteiger partial charge in [-0.15, -0.1) is 0 Å². The van der Waals surface area contributed by atoms with Crippen LogP contribution < -0.4 is 0 Å². The minimum absolute atomic E-state index is 0.322. The van der Waals surface area contributed by atoms with Crippen molar-refractivity contribution in [2.24, 2.45) is 0 Å². The van der Waals surface area contributed by atoms with E-state index < -0.39 is 0 Å². The van der Waals surface area contributed by atoms with Crippen molar-refractivity contribution in [2.75, 3.05) is 0 Å². The average molecular weight is 291 g/mol. The van der Waals surface area contributed by atoms with E-state index in [1.54, 1.807) is 6.07 Å². The van der Waals surface area contributed by atoms with Crippen LogP contribution in [0.2, 0.25) is 5.02 Å². The lowest BCUT2D eigenvalue weighted by Crippen LogP contribution is -1.92. The number of hydrogen-bond acceptors (Lipinski definition) is 2. The van der Waals surface area contributed by atoms with Crippen LogP contribution in [0, 0.1) is 10.5 Å². The minimum atomic E-state index is -0.373. The van der Waals surface area contributed by atoms with Gasteiger partial charge in [0.05, 0.1) is 10.7 Å². The normalized spacial score (nSPS) is 10.8. The summed E-state index contributed by atoms with van der Waals surface area (Å²) in [4.78, 5) is 0. The van der Waals surface area contributed by atoms with Gasteiger partial charge in [0.25, 0.3) is 0 Å². The maximum absolute atomic E-state index is 13.1. The average Bonchev–Trinajstić information content (AvgIpc) is 2.41. The zero-order chi connectivity index (χ0) is 13.4. The Balaban J connectivity index is 2.37. The molecule has 0 unspecified atom stereocenters. The molecule has 0 aliphatic carbocycles. The third-order valence-electron chi connectivity index (χ3n) is 2.88. The molecule has 0 saturated heterocycles. The number of benzene rings is 2. The minimum Gasteiger partial charge on any atom is -0.267 e. The molecule has 1 heterocycles. The van der Waals surface area contributed by atoms with E-state index in [2.05, 4.69) is 10.2 Å². The van der Waals surface area contributed by atoms with E-state index in [1.165, 1.54) is 12.1 Å². The van der Waals surface area contributed by atoms with Crippen LogP contribution in [0.3, 0.4) is 0 Å². The Morgan fingerprint density at radius 3 is 2.58 bits per heavy atom. The number of hydrogen-bond donors (Lipinski definition) is 1. The van der Waals surface area contributed by atoms with Crippen LogP contribution in [-0.4, -0.2) is 10.2 Å².